The fraction of sp³-hybridized carbons (Fsp3) is 0.357. The number of hydrogen-bond acceptors (Lipinski definition) is 4. The molecule has 2 N–H and O–H groups in total. The normalized spacial score (nSPS) is 13.3. The highest BCUT2D eigenvalue weighted by Gasteiger charge is 2.21. The molecule has 0 saturated heterocycles. The summed E-state index contributed by atoms with van der Waals surface area (Å²) in [6, 6.07) is 7.09. The summed E-state index contributed by atoms with van der Waals surface area (Å²) in [5.41, 5.74) is 1.30. The van der Waals surface area contributed by atoms with Crippen LogP contribution >= 0.6 is 11.6 Å². The summed E-state index contributed by atoms with van der Waals surface area (Å²) in [4.78, 5) is 0.172. The predicted molar refractivity (Wildman–Crippen MR) is 87.0 cm³/mol. The monoisotopic (exact) mass is 342 g/mol. The van der Waals surface area contributed by atoms with Crippen LogP contribution < -0.4 is 10.0 Å². The minimum Gasteiger partial charge on any atom is -0.316 e. The molecule has 6 nitrogen and oxygen atoms in total. The summed E-state index contributed by atoms with van der Waals surface area (Å²) < 4.78 is 28.9. The molecule has 1 unspecified atom stereocenters. The molecule has 0 fully saturated rings. The zero-order valence-corrected chi connectivity index (χ0v) is 14.2. The summed E-state index contributed by atoms with van der Waals surface area (Å²) in [7, 11) is -1.81. The van der Waals surface area contributed by atoms with Crippen molar-refractivity contribution in [1.29, 1.82) is 0 Å². The zero-order chi connectivity index (χ0) is 16.3. The van der Waals surface area contributed by atoms with Crippen LogP contribution in [0.1, 0.15) is 12.6 Å². The Kier molecular flexibility index (Phi) is 5.23. The van der Waals surface area contributed by atoms with E-state index in [1.54, 1.807) is 42.9 Å². The first-order valence-electron chi connectivity index (χ1n) is 6.82. The van der Waals surface area contributed by atoms with Crippen molar-refractivity contribution in [2.24, 2.45) is 0 Å². The van der Waals surface area contributed by atoms with Crippen LogP contribution in [0.5, 0.6) is 0 Å². The van der Waals surface area contributed by atoms with Gasteiger partial charge in [0.2, 0.25) is 10.0 Å². The van der Waals surface area contributed by atoms with Crippen molar-refractivity contribution in [2.45, 2.75) is 24.8 Å². The van der Waals surface area contributed by atoms with Crippen LogP contribution in [0.25, 0.3) is 5.69 Å². The summed E-state index contributed by atoms with van der Waals surface area (Å²) in [6.07, 6.45) is 1.36. The van der Waals surface area contributed by atoms with Crippen molar-refractivity contribution >= 4 is 21.6 Å². The molecule has 22 heavy (non-hydrogen) atoms. The van der Waals surface area contributed by atoms with Gasteiger partial charge in [0, 0.05) is 17.6 Å². The van der Waals surface area contributed by atoms with Crippen LogP contribution in [0.2, 0.25) is 5.02 Å². The van der Waals surface area contributed by atoms with Gasteiger partial charge in [-0.05, 0) is 45.2 Å². The van der Waals surface area contributed by atoms with Crippen molar-refractivity contribution in [3.05, 3.63) is 41.2 Å². The largest absolute Gasteiger partial charge is 0.316 e. The molecule has 0 aliphatic rings. The van der Waals surface area contributed by atoms with Gasteiger partial charge < -0.3 is 5.32 Å². The molecule has 0 bridgehead atoms. The molecule has 8 heteroatoms. The lowest BCUT2D eigenvalue weighted by Gasteiger charge is -2.12. The van der Waals surface area contributed by atoms with Gasteiger partial charge in [-0.25, -0.2) is 17.8 Å². The second-order valence-electron chi connectivity index (χ2n) is 5.02. The molecule has 0 aliphatic heterocycles. The number of sulfonamides is 1. The number of halogens is 1. The highest BCUT2D eigenvalue weighted by atomic mass is 35.5. The third-order valence-electron chi connectivity index (χ3n) is 3.40. The molecule has 0 amide bonds. The van der Waals surface area contributed by atoms with Crippen molar-refractivity contribution in [2.75, 3.05) is 13.6 Å². The lowest BCUT2D eigenvalue weighted by molar-refractivity contribution is 0.554. The van der Waals surface area contributed by atoms with Crippen LogP contribution in [0.4, 0.5) is 0 Å². The van der Waals surface area contributed by atoms with Gasteiger partial charge >= 0.3 is 0 Å². The van der Waals surface area contributed by atoms with Crippen LogP contribution in [-0.4, -0.2) is 37.8 Å². The van der Waals surface area contributed by atoms with Gasteiger partial charge in [-0.15, -0.1) is 0 Å². The first-order chi connectivity index (χ1) is 10.3. The van der Waals surface area contributed by atoms with Crippen LogP contribution in [0.3, 0.4) is 0 Å². The maximum atomic E-state index is 12.4. The third kappa shape index (κ3) is 3.67. The summed E-state index contributed by atoms with van der Waals surface area (Å²) >= 11 is 5.86. The summed E-state index contributed by atoms with van der Waals surface area (Å²) in [5, 5.41) is 7.76. The van der Waals surface area contributed by atoms with E-state index in [9.17, 15) is 8.42 Å². The zero-order valence-electron chi connectivity index (χ0n) is 12.7. The molecule has 0 radical (unpaired) electrons. The number of rotatable bonds is 6. The van der Waals surface area contributed by atoms with Gasteiger partial charge in [-0.1, -0.05) is 11.6 Å². The van der Waals surface area contributed by atoms with E-state index in [1.807, 2.05) is 6.92 Å². The van der Waals surface area contributed by atoms with Crippen LogP contribution in [0, 0.1) is 6.92 Å². The third-order valence-corrected chi connectivity index (χ3v) is 5.18. The van der Waals surface area contributed by atoms with Crippen LogP contribution in [-0.2, 0) is 10.0 Å². The van der Waals surface area contributed by atoms with Crippen molar-refractivity contribution in [1.82, 2.24) is 19.8 Å². The minimum atomic E-state index is -3.59. The highest BCUT2D eigenvalue weighted by molar-refractivity contribution is 7.89. The molecule has 1 heterocycles. The number of hydrogen-bond donors (Lipinski definition) is 2. The minimum absolute atomic E-state index is 0.0430. The van der Waals surface area contributed by atoms with E-state index in [-0.39, 0.29) is 10.9 Å². The molecule has 2 aromatic rings. The standard InChI is InChI=1S/C14H19ClN4O2S/c1-10(16-3)8-18-22(20,21)14-9-17-19(11(14)2)13-6-4-12(15)5-7-13/h4-7,9-10,16,18H,8H2,1-3H3. The highest BCUT2D eigenvalue weighted by Crippen LogP contribution is 2.19. The van der Waals surface area contributed by atoms with Gasteiger partial charge in [-0.3, -0.25) is 0 Å². The van der Waals surface area contributed by atoms with Crippen LogP contribution in [0.15, 0.2) is 35.4 Å². The molecular weight excluding hydrogens is 324 g/mol. The number of nitrogens with zero attached hydrogens (tertiary/aromatic N) is 2. The fourth-order valence-electron chi connectivity index (χ4n) is 1.92. The summed E-state index contributed by atoms with van der Waals surface area (Å²) in [5.74, 6) is 0. The fourth-order valence-corrected chi connectivity index (χ4v) is 3.33. The van der Waals surface area contributed by atoms with Gasteiger partial charge in [0.25, 0.3) is 0 Å². The van der Waals surface area contributed by atoms with Gasteiger partial charge in [0.15, 0.2) is 0 Å². The SMILES string of the molecule is CNC(C)CNS(=O)(=O)c1cnn(-c2ccc(Cl)cc2)c1C. The molecular formula is C14H19ClN4O2S. The average Bonchev–Trinajstić information content (AvgIpc) is 2.88. The second-order valence-corrected chi connectivity index (χ2v) is 7.20. The first kappa shape index (κ1) is 17.0. The maximum Gasteiger partial charge on any atom is 0.244 e. The Balaban J connectivity index is 2.29. The Hall–Kier alpha value is -1.41. The molecule has 0 spiro atoms. The number of benzene rings is 1. The van der Waals surface area contributed by atoms with E-state index in [0.29, 0.717) is 17.3 Å². The second kappa shape index (κ2) is 6.78. The molecule has 0 saturated carbocycles. The smallest absolute Gasteiger partial charge is 0.244 e. The molecule has 120 valence electrons. The molecule has 1 aromatic heterocycles. The Morgan fingerprint density at radius 2 is 1.95 bits per heavy atom. The van der Waals surface area contributed by atoms with E-state index in [2.05, 4.69) is 15.1 Å². The van der Waals surface area contributed by atoms with Gasteiger partial charge in [0.1, 0.15) is 4.90 Å². The number of nitrogens with one attached hydrogen (secondary N) is 2. The molecule has 1 aromatic carbocycles. The quantitative estimate of drug-likeness (QED) is 0.838. The topological polar surface area (TPSA) is 76.0 Å². The van der Waals surface area contributed by atoms with Crippen molar-refractivity contribution in [3.8, 4) is 5.69 Å². The Morgan fingerprint density at radius 1 is 1.32 bits per heavy atom. The average molecular weight is 343 g/mol. The van der Waals surface area contributed by atoms with E-state index < -0.39 is 10.0 Å². The maximum absolute atomic E-state index is 12.4. The Labute approximate surface area is 135 Å². The lowest BCUT2D eigenvalue weighted by atomic mass is 10.3. The van der Waals surface area contributed by atoms with Crippen molar-refractivity contribution < 1.29 is 8.42 Å². The van der Waals surface area contributed by atoms with Gasteiger partial charge in [-0.2, -0.15) is 5.10 Å². The molecule has 0 aliphatic carbocycles. The van der Waals surface area contributed by atoms with E-state index in [4.69, 9.17) is 11.6 Å². The lowest BCUT2D eigenvalue weighted by Crippen LogP contribution is -2.37. The van der Waals surface area contributed by atoms with E-state index in [0.717, 1.165) is 5.69 Å². The summed E-state index contributed by atoms with van der Waals surface area (Å²) in [6.45, 7) is 3.93. The Morgan fingerprint density at radius 3 is 2.55 bits per heavy atom. The van der Waals surface area contributed by atoms with Gasteiger partial charge in [0.05, 0.1) is 17.6 Å². The molecule has 1 atom stereocenters. The number of aromatic nitrogens is 2. The number of likely N-dealkylation sites (N-methyl/N-ethyl adjacent to an activating group) is 1. The van der Waals surface area contributed by atoms with Crippen molar-refractivity contribution in [3.63, 3.8) is 0 Å². The predicted octanol–water partition coefficient (Wildman–Crippen LogP) is 1.72. The Bertz CT molecular complexity index is 741. The molecule has 2 rings (SSSR count). The van der Waals surface area contributed by atoms with E-state index >= 15 is 0 Å². The first-order valence-corrected chi connectivity index (χ1v) is 8.68. The van der Waals surface area contributed by atoms with E-state index in [1.165, 1.54) is 6.20 Å².